The normalized spacial score (nSPS) is 23.6. The molecule has 4 nitrogen and oxygen atoms in total. The van der Waals surface area contributed by atoms with E-state index in [2.05, 4.69) is 35.9 Å². The summed E-state index contributed by atoms with van der Waals surface area (Å²) in [6, 6.07) is 12.7. The van der Waals surface area contributed by atoms with Gasteiger partial charge in [-0.3, -0.25) is 4.79 Å². The Kier molecular flexibility index (Phi) is 5.34. The number of anilines is 1. The van der Waals surface area contributed by atoms with Crippen LogP contribution in [0, 0.1) is 5.82 Å². The number of benzene rings is 2. The summed E-state index contributed by atoms with van der Waals surface area (Å²) in [4.78, 5) is 17.2. The first kappa shape index (κ1) is 19.9. The number of para-hydroxylation sites is 1. The lowest BCUT2D eigenvalue weighted by Crippen LogP contribution is -2.54. The summed E-state index contributed by atoms with van der Waals surface area (Å²) in [7, 11) is 3.91. The van der Waals surface area contributed by atoms with E-state index in [9.17, 15) is 9.18 Å². The van der Waals surface area contributed by atoms with Crippen LogP contribution in [0.25, 0.3) is 0 Å². The van der Waals surface area contributed by atoms with E-state index >= 15 is 0 Å². The minimum Gasteiger partial charge on any atom is -0.495 e. The monoisotopic (exact) mass is 396 g/mol. The second-order valence-corrected chi connectivity index (χ2v) is 8.50. The van der Waals surface area contributed by atoms with E-state index in [0.717, 1.165) is 38.2 Å². The van der Waals surface area contributed by atoms with Gasteiger partial charge >= 0.3 is 0 Å². The molecule has 2 aromatic rings. The first-order chi connectivity index (χ1) is 13.9. The number of halogens is 1. The largest absolute Gasteiger partial charge is 0.495 e. The lowest BCUT2D eigenvalue weighted by atomic mass is 9.74. The average Bonchev–Trinajstić information content (AvgIpc) is 2.95. The number of piperidine rings is 1. The van der Waals surface area contributed by atoms with Crippen molar-refractivity contribution in [2.24, 2.45) is 0 Å². The summed E-state index contributed by atoms with van der Waals surface area (Å²) in [6.45, 7) is 5.27. The second kappa shape index (κ2) is 7.79. The highest BCUT2D eigenvalue weighted by Crippen LogP contribution is 2.51. The van der Waals surface area contributed by atoms with Gasteiger partial charge in [-0.1, -0.05) is 19.1 Å². The fourth-order valence-corrected chi connectivity index (χ4v) is 5.26. The van der Waals surface area contributed by atoms with Gasteiger partial charge in [0.05, 0.1) is 12.8 Å². The van der Waals surface area contributed by atoms with E-state index in [1.807, 2.05) is 6.07 Å². The number of likely N-dealkylation sites (tertiary alicyclic amines) is 1. The molecular weight excluding hydrogens is 367 g/mol. The SMILES string of the molecule is COc1cccc2c1N(C)C1CCN(CCCC(=O)c3ccc(F)cc3)CC21C. The highest BCUT2D eigenvalue weighted by atomic mass is 19.1. The number of rotatable bonds is 6. The second-order valence-electron chi connectivity index (χ2n) is 8.50. The smallest absolute Gasteiger partial charge is 0.162 e. The van der Waals surface area contributed by atoms with Crippen LogP contribution in [-0.2, 0) is 5.41 Å². The molecule has 0 aromatic heterocycles. The van der Waals surface area contributed by atoms with Crippen LogP contribution >= 0.6 is 0 Å². The average molecular weight is 397 g/mol. The van der Waals surface area contributed by atoms with Gasteiger partial charge < -0.3 is 14.5 Å². The summed E-state index contributed by atoms with van der Waals surface area (Å²) in [5, 5.41) is 0. The summed E-state index contributed by atoms with van der Waals surface area (Å²) in [5.41, 5.74) is 3.22. The van der Waals surface area contributed by atoms with Crippen LogP contribution in [0.15, 0.2) is 42.5 Å². The van der Waals surface area contributed by atoms with Gasteiger partial charge in [-0.25, -0.2) is 4.39 Å². The fraction of sp³-hybridized carbons (Fsp3) is 0.458. The molecule has 4 rings (SSSR count). The van der Waals surface area contributed by atoms with E-state index in [1.165, 1.54) is 23.4 Å². The zero-order valence-electron chi connectivity index (χ0n) is 17.5. The molecule has 29 heavy (non-hydrogen) atoms. The van der Waals surface area contributed by atoms with Crippen molar-refractivity contribution >= 4 is 11.5 Å². The summed E-state index contributed by atoms with van der Waals surface area (Å²) in [6.07, 6.45) is 2.40. The van der Waals surface area contributed by atoms with E-state index in [0.29, 0.717) is 18.0 Å². The number of Topliss-reactive ketones (excluding diaryl/α,β-unsaturated/α-hetero) is 1. The molecule has 2 atom stereocenters. The van der Waals surface area contributed by atoms with Crippen LogP contribution in [0.3, 0.4) is 0 Å². The van der Waals surface area contributed by atoms with Crippen LogP contribution in [0.5, 0.6) is 5.75 Å². The maximum Gasteiger partial charge on any atom is 0.162 e. The van der Waals surface area contributed by atoms with Crippen molar-refractivity contribution in [3.05, 3.63) is 59.4 Å². The van der Waals surface area contributed by atoms with Gasteiger partial charge in [0.1, 0.15) is 11.6 Å². The molecule has 0 radical (unpaired) electrons. The van der Waals surface area contributed by atoms with Crippen molar-refractivity contribution in [2.75, 3.05) is 38.7 Å². The number of methoxy groups -OCH3 is 1. The number of nitrogens with zero attached hydrogens (tertiary/aromatic N) is 2. The van der Waals surface area contributed by atoms with Crippen LogP contribution < -0.4 is 9.64 Å². The van der Waals surface area contributed by atoms with Crippen molar-refractivity contribution < 1.29 is 13.9 Å². The van der Waals surface area contributed by atoms with E-state index in [4.69, 9.17) is 4.74 Å². The Bertz CT molecular complexity index is 898. The molecule has 2 aliphatic heterocycles. The lowest BCUT2D eigenvalue weighted by molar-refractivity contribution is 0.0963. The van der Waals surface area contributed by atoms with Crippen LogP contribution in [-0.4, -0.2) is 50.5 Å². The molecule has 0 aliphatic carbocycles. The Hall–Kier alpha value is -2.40. The molecule has 0 bridgehead atoms. The zero-order chi connectivity index (χ0) is 20.6. The lowest BCUT2D eigenvalue weighted by Gasteiger charge is -2.44. The van der Waals surface area contributed by atoms with Crippen molar-refractivity contribution in [3.8, 4) is 5.75 Å². The van der Waals surface area contributed by atoms with Crippen molar-refractivity contribution in [2.45, 2.75) is 37.6 Å². The Morgan fingerprint density at radius 3 is 2.72 bits per heavy atom. The standard InChI is InChI=1S/C24H29FN2O2/c1-24-16-27(14-5-7-20(28)17-9-11-18(25)12-10-17)15-13-22(24)26(2)23-19(24)6-4-8-21(23)29-3/h4,6,8-12,22H,5,7,13-16H2,1-3H3. The minimum absolute atomic E-state index is 0.0534. The van der Waals surface area contributed by atoms with Crippen molar-refractivity contribution in [1.82, 2.24) is 4.90 Å². The van der Waals surface area contributed by atoms with Crippen molar-refractivity contribution in [1.29, 1.82) is 0 Å². The van der Waals surface area contributed by atoms with Gasteiger partial charge in [-0.05, 0) is 55.3 Å². The van der Waals surface area contributed by atoms with Crippen LogP contribution in [0.4, 0.5) is 10.1 Å². The molecule has 1 fully saturated rings. The first-order valence-electron chi connectivity index (χ1n) is 10.4. The molecule has 2 heterocycles. The molecule has 0 amide bonds. The molecule has 5 heteroatoms. The molecule has 2 unspecified atom stereocenters. The van der Waals surface area contributed by atoms with Crippen LogP contribution in [0.2, 0.25) is 0 Å². The molecule has 0 saturated carbocycles. The molecule has 0 spiro atoms. The number of ketones is 1. The number of carbonyl (C=O) groups is 1. The van der Waals surface area contributed by atoms with Gasteiger partial charge in [0, 0.05) is 43.6 Å². The predicted octanol–water partition coefficient (Wildman–Crippen LogP) is 4.28. The van der Waals surface area contributed by atoms with Crippen LogP contribution in [0.1, 0.15) is 42.1 Å². The number of likely N-dealkylation sites (N-methyl/N-ethyl adjacent to an activating group) is 1. The maximum atomic E-state index is 13.0. The van der Waals surface area contributed by atoms with E-state index in [1.54, 1.807) is 19.2 Å². The third-order valence-corrected chi connectivity index (χ3v) is 6.71. The highest BCUT2D eigenvalue weighted by Gasteiger charge is 2.50. The van der Waals surface area contributed by atoms with Gasteiger partial charge in [-0.2, -0.15) is 0 Å². The van der Waals surface area contributed by atoms with Gasteiger partial charge in [0.2, 0.25) is 0 Å². The maximum absolute atomic E-state index is 13.0. The molecular formula is C24H29FN2O2. The van der Waals surface area contributed by atoms with Gasteiger partial charge in [0.25, 0.3) is 0 Å². The van der Waals surface area contributed by atoms with E-state index < -0.39 is 0 Å². The van der Waals surface area contributed by atoms with Gasteiger partial charge in [-0.15, -0.1) is 0 Å². The third kappa shape index (κ3) is 3.52. The number of ether oxygens (including phenoxy) is 1. The van der Waals surface area contributed by atoms with Crippen molar-refractivity contribution in [3.63, 3.8) is 0 Å². The topological polar surface area (TPSA) is 32.8 Å². The molecule has 2 aliphatic rings. The third-order valence-electron chi connectivity index (χ3n) is 6.71. The zero-order valence-corrected chi connectivity index (χ0v) is 17.5. The number of fused-ring (bicyclic) bond motifs is 3. The summed E-state index contributed by atoms with van der Waals surface area (Å²) >= 11 is 0. The first-order valence-corrected chi connectivity index (χ1v) is 10.4. The minimum atomic E-state index is -0.309. The molecule has 154 valence electrons. The molecule has 1 saturated heterocycles. The number of hydrogen-bond acceptors (Lipinski definition) is 4. The quantitative estimate of drug-likeness (QED) is 0.683. The molecule has 2 aromatic carbocycles. The molecule has 0 N–H and O–H groups in total. The Labute approximate surface area is 172 Å². The Morgan fingerprint density at radius 2 is 2.00 bits per heavy atom. The predicted molar refractivity (Wildman–Crippen MR) is 114 cm³/mol. The Morgan fingerprint density at radius 1 is 1.24 bits per heavy atom. The summed E-state index contributed by atoms with van der Waals surface area (Å²) in [5.74, 6) is 0.718. The van der Waals surface area contributed by atoms with Gasteiger partial charge in [0.15, 0.2) is 5.78 Å². The summed E-state index contributed by atoms with van der Waals surface area (Å²) < 4.78 is 18.7. The highest BCUT2D eigenvalue weighted by molar-refractivity contribution is 5.95. The number of carbonyl (C=O) groups excluding carboxylic acids is 1. The Balaban J connectivity index is 1.41. The van der Waals surface area contributed by atoms with E-state index in [-0.39, 0.29) is 17.0 Å². The number of hydrogen-bond donors (Lipinski definition) is 0. The fourth-order valence-electron chi connectivity index (χ4n) is 5.26.